The standard InChI is InChI=1S/C14H19FN2O.ClH/c15-13-3-1-2-11-12(13)9-17(14(11)18)8-10-4-6-16-7-5-10;/h1-3,10,14,16,18H,4-9H2;1H. The van der Waals surface area contributed by atoms with Crippen LogP contribution < -0.4 is 5.32 Å². The molecule has 3 nitrogen and oxygen atoms in total. The molecule has 2 aliphatic heterocycles. The second-order valence-electron chi connectivity index (χ2n) is 5.30. The van der Waals surface area contributed by atoms with Crippen molar-refractivity contribution in [3.8, 4) is 0 Å². The van der Waals surface area contributed by atoms with Crippen LogP contribution >= 0.6 is 12.4 Å². The van der Waals surface area contributed by atoms with Gasteiger partial charge in [0.15, 0.2) is 0 Å². The Morgan fingerprint density at radius 3 is 2.74 bits per heavy atom. The third-order valence-corrected chi connectivity index (χ3v) is 4.09. The Bertz CT molecular complexity index is 437. The minimum Gasteiger partial charge on any atom is -0.374 e. The van der Waals surface area contributed by atoms with Crippen molar-refractivity contribution in [2.45, 2.75) is 25.6 Å². The van der Waals surface area contributed by atoms with E-state index in [0.717, 1.165) is 38.0 Å². The average molecular weight is 287 g/mol. The van der Waals surface area contributed by atoms with Crippen molar-refractivity contribution in [2.24, 2.45) is 5.92 Å². The number of nitrogens with one attached hydrogen (secondary N) is 1. The molecule has 1 unspecified atom stereocenters. The predicted molar refractivity (Wildman–Crippen MR) is 74.6 cm³/mol. The molecule has 2 heterocycles. The fourth-order valence-electron chi connectivity index (χ4n) is 3.03. The van der Waals surface area contributed by atoms with Gasteiger partial charge in [-0.3, -0.25) is 4.90 Å². The molecule has 0 saturated carbocycles. The van der Waals surface area contributed by atoms with Crippen LogP contribution in [0, 0.1) is 11.7 Å². The van der Waals surface area contributed by atoms with Crippen LogP contribution in [0.1, 0.15) is 30.2 Å². The first-order valence-corrected chi connectivity index (χ1v) is 6.66. The van der Waals surface area contributed by atoms with Gasteiger partial charge in [0.1, 0.15) is 12.0 Å². The Morgan fingerprint density at radius 2 is 2.05 bits per heavy atom. The van der Waals surface area contributed by atoms with Gasteiger partial charge in [-0.25, -0.2) is 4.39 Å². The molecular weight excluding hydrogens is 267 g/mol. The molecule has 0 bridgehead atoms. The highest BCUT2D eigenvalue weighted by Gasteiger charge is 2.32. The molecule has 1 atom stereocenters. The molecule has 0 aromatic heterocycles. The largest absolute Gasteiger partial charge is 0.374 e. The second-order valence-corrected chi connectivity index (χ2v) is 5.30. The van der Waals surface area contributed by atoms with Gasteiger partial charge in [0.25, 0.3) is 0 Å². The lowest BCUT2D eigenvalue weighted by atomic mass is 9.97. The van der Waals surface area contributed by atoms with E-state index in [-0.39, 0.29) is 18.2 Å². The van der Waals surface area contributed by atoms with E-state index in [2.05, 4.69) is 5.32 Å². The minimum atomic E-state index is -0.634. The van der Waals surface area contributed by atoms with Gasteiger partial charge in [-0.1, -0.05) is 12.1 Å². The molecule has 0 radical (unpaired) electrons. The summed E-state index contributed by atoms with van der Waals surface area (Å²) >= 11 is 0. The number of benzene rings is 1. The molecule has 1 saturated heterocycles. The van der Waals surface area contributed by atoms with Crippen LogP contribution in [0.3, 0.4) is 0 Å². The monoisotopic (exact) mass is 286 g/mol. The van der Waals surface area contributed by atoms with Crippen LogP contribution in [0.4, 0.5) is 4.39 Å². The Hall–Kier alpha value is -0.680. The van der Waals surface area contributed by atoms with Crippen LogP contribution in [0.5, 0.6) is 0 Å². The SMILES string of the molecule is Cl.OC1c2cccc(F)c2CN1CC1CCNCC1. The van der Waals surface area contributed by atoms with Crippen molar-refractivity contribution in [1.82, 2.24) is 10.2 Å². The van der Waals surface area contributed by atoms with Crippen molar-refractivity contribution >= 4 is 12.4 Å². The molecule has 19 heavy (non-hydrogen) atoms. The number of halogens is 2. The van der Waals surface area contributed by atoms with E-state index in [1.54, 1.807) is 6.07 Å². The molecule has 106 valence electrons. The number of rotatable bonds is 2. The van der Waals surface area contributed by atoms with Crippen LogP contribution in [-0.4, -0.2) is 29.6 Å². The van der Waals surface area contributed by atoms with Crippen LogP contribution in [0.15, 0.2) is 18.2 Å². The molecule has 0 amide bonds. The lowest BCUT2D eigenvalue weighted by Gasteiger charge is -2.29. The third kappa shape index (κ3) is 2.92. The normalized spacial score (nSPS) is 24.0. The topological polar surface area (TPSA) is 35.5 Å². The summed E-state index contributed by atoms with van der Waals surface area (Å²) in [6.45, 7) is 3.50. The fraction of sp³-hybridized carbons (Fsp3) is 0.571. The Balaban J connectivity index is 0.00000133. The number of hydrogen-bond acceptors (Lipinski definition) is 3. The zero-order valence-corrected chi connectivity index (χ0v) is 11.6. The number of piperidine rings is 1. The summed E-state index contributed by atoms with van der Waals surface area (Å²) in [5, 5.41) is 13.6. The van der Waals surface area contributed by atoms with Crippen molar-refractivity contribution in [1.29, 1.82) is 0 Å². The molecular formula is C14H20ClFN2O. The zero-order chi connectivity index (χ0) is 12.5. The van der Waals surface area contributed by atoms with Gasteiger partial charge < -0.3 is 10.4 Å². The Morgan fingerprint density at radius 1 is 1.32 bits per heavy atom. The molecule has 5 heteroatoms. The van der Waals surface area contributed by atoms with Crippen LogP contribution in [-0.2, 0) is 6.54 Å². The fourth-order valence-corrected chi connectivity index (χ4v) is 3.03. The van der Waals surface area contributed by atoms with E-state index in [4.69, 9.17) is 0 Å². The number of nitrogens with zero attached hydrogens (tertiary/aromatic N) is 1. The predicted octanol–water partition coefficient (Wildman–Crippen LogP) is 2.05. The molecule has 2 N–H and O–H groups in total. The lowest BCUT2D eigenvalue weighted by molar-refractivity contribution is 0.000319. The van der Waals surface area contributed by atoms with Crippen molar-refractivity contribution in [3.63, 3.8) is 0 Å². The van der Waals surface area contributed by atoms with Crippen LogP contribution in [0.2, 0.25) is 0 Å². The van der Waals surface area contributed by atoms with E-state index in [1.165, 1.54) is 6.07 Å². The van der Waals surface area contributed by atoms with E-state index < -0.39 is 6.23 Å². The van der Waals surface area contributed by atoms with Crippen molar-refractivity contribution in [3.05, 3.63) is 35.1 Å². The molecule has 2 aliphatic rings. The average Bonchev–Trinajstić information content (AvgIpc) is 2.70. The maximum atomic E-state index is 13.7. The van der Waals surface area contributed by atoms with E-state index in [0.29, 0.717) is 18.0 Å². The number of hydrogen-bond donors (Lipinski definition) is 2. The van der Waals surface area contributed by atoms with Gasteiger partial charge in [-0.2, -0.15) is 0 Å². The quantitative estimate of drug-likeness (QED) is 0.873. The van der Waals surface area contributed by atoms with Crippen molar-refractivity contribution < 1.29 is 9.50 Å². The van der Waals surface area contributed by atoms with Gasteiger partial charge >= 0.3 is 0 Å². The first-order chi connectivity index (χ1) is 8.75. The summed E-state index contributed by atoms with van der Waals surface area (Å²) in [4.78, 5) is 1.99. The number of fused-ring (bicyclic) bond motifs is 1. The first-order valence-electron chi connectivity index (χ1n) is 6.66. The van der Waals surface area contributed by atoms with Crippen LogP contribution in [0.25, 0.3) is 0 Å². The van der Waals surface area contributed by atoms with E-state index in [1.807, 2.05) is 11.0 Å². The highest BCUT2D eigenvalue weighted by molar-refractivity contribution is 5.85. The van der Waals surface area contributed by atoms with Gasteiger partial charge in [-0.15, -0.1) is 12.4 Å². The third-order valence-electron chi connectivity index (χ3n) is 4.09. The Labute approximate surface area is 119 Å². The summed E-state index contributed by atoms with van der Waals surface area (Å²) in [7, 11) is 0. The maximum Gasteiger partial charge on any atom is 0.134 e. The second kappa shape index (κ2) is 6.18. The van der Waals surface area contributed by atoms with Gasteiger partial charge in [-0.05, 0) is 37.9 Å². The summed E-state index contributed by atoms with van der Waals surface area (Å²) in [5.74, 6) is 0.414. The van der Waals surface area contributed by atoms with E-state index >= 15 is 0 Å². The van der Waals surface area contributed by atoms with E-state index in [9.17, 15) is 9.50 Å². The van der Waals surface area contributed by atoms with Gasteiger partial charge in [0.2, 0.25) is 0 Å². The molecule has 0 aliphatic carbocycles. The number of aliphatic hydroxyl groups is 1. The highest BCUT2D eigenvalue weighted by Crippen LogP contribution is 2.34. The molecule has 0 spiro atoms. The minimum absolute atomic E-state index is 0. The first kappa shape index (κ1) is 14.7. The molecule has 1 aromatic carbocycles. The van der Waals surface area contributed by atoms with Gasteiger partial charge in [0.05, 0.1) is 0 Å². The lowest BCUT2D eigenvalue weighted by Crippen LogP contribution is -2.35. The smallest absolute Gasteiger partial charge is 0.134 e. The molecule has 3 rings (SSSR count). The molecule has 1 aromatic rings. The van der Waals surface area contributed by atoms with Crippen molar-refractivity contribution in [2.75, 3.05) is 19.6 Å². The summed E-state index contributed by atoms with van der Waals surface area (Å²) in [5.41, 5.74) is 1.41. The summed E-state index contributed by atoms with van der Waals surface area (Å²) in [6.07, 6.45) is 1.65. The summed E-state index contributed by atoms with van der Waals surface area (Å²) < 4.78 is 13.7. The Kier molecular flexibility index (Phi) is 4.79. The maximum absolute atomic E-state index is 13.7. The summed E-state index contributed by atoms with van der Waals surface area (Å²) in [6, 6.07) is 4.97. The zero-order valence-electron chi connectivity index (χ0n) is 10.8. The number of aliphatic hydroxyl groups excluding tert-OH is 1. The molecule has 1 fully saturated rings. The highest BCUT2D eigenvalue weighted by atomic mass is 35.5. The van der Waals surface area contributed by atoms with Gasteiger partial charge in [0, 0.05) is 24.2 Å².